The number of nitrogens with one attached hydrogen (secondary N) is 2. The van der Waals surface area contributed by atoms with Crippen molar-refractivity contribution in [2.75, 3.05) is 19.5 Å². The third-order valence-electron chi connectivity index (χ3n) is 3.81. The highest BCUT2D eigenvalue weighted by Gasteiger charge is 2.29. The number of halogens is 1. The van der Waals surface area contributed by atoms with Crippen molar-refractivity contribution in [2.45, 2.75) is 24.8 Å². The highest BCUT2D eigenvalue weighted by Crippen LogP contribution is 2.20. The van der Waals surface area contributed by atoms with Crippen LogP contribution >= 0.6 is 0 Å². The van der Waals surface area contributed by atoms with E-state index in [1.165, 1.54) is 26.4 Å². The van der Waals surface area contributed by atoms with E-state index in [1.54, 1.807) is 10.8 Å². The molecule has 0 radical (unpaired) electrons. The maximum Gasteiger partial charge on any atom is 0.335 e. The Balaban J connectivity index is 1.91. The first-order valence-corrected chi connectivity index (χ1v) is 9.99. The van der Waals surface area contributed by atoms with Gasteiger partial charge in [0, 0.05) is 0 Å². The van der Waals surface area contributed by atoms with Gasteiger partial charge < -0.3 is 9.47 Å². The lowest BCUT2D eigenvalue weighted by Crippen LogP contribution is -2.36. The van der Waals surface area contributed by atoms with E-state index >= 15 is 0 Å². The number of rotatable bonds is 6. The molecule has 0 aliphatic carbocycles. The summed E-state index contributed by atoms with van der Waals surface area (Å²) in [7, 11) is -2.01. The summed E-state index contributed by atoms with van der Waals surface area (Å²) in [6, 6.07) is 3.16. The van der Waals surface area contributed by atoms with Crippen molar-refractivity contribution in [3.8, 4) is 11.8 Å². The van der Waals surface area contributed by atoms with Gasteiger partial charge >= 0.3 is 6.03 Å². The first kappa shape index (κ1) is 21.2. The number of hydrogen-bond donors (Lipinski definition) is 2. The van der Waals surface area contributed by atoms with Crippen LogP contribution in [-0.2, 0) is 10.0 Å². The lowest BCUT2D eigenvalue weighted by atomic mass is 10.1. The third kappa shape index (κ3) is 4.22. The summed E-state index contributed by atoms with van der Waals surface area (Å²) < 4.78 is 52.0. The third-order valence-corrected chi connectivity index (χ3v) is 5.12. The van der Waals surface area contributed by atoms with E-state index < -0.39 is 27.0 Å². The maximum atomic E-state index is 14.3. The molecule has 3 rings (SSSR count). The predicted octanol–water partition coefficient (Wildman–Crippen LogP) is 1.31. The standard InChI is InChI=1S/C16H18FN7O5S/c1-8(2)9-5-6-10-18-13(17)14(24(10)22-9)30(26,27)23-16(25)21-15-19-11(28-3)7-12(20-15)29-4/h5-8H,1-4H3,(H2,19,20,21,23,25). The van der Waals surface area contributed by atoms with Crippen LogP contribution < -0.4 is 19.5 Å². The Hall–Kier alpha value is -3.55. The largest absolute Gasteiger partial charge is 0.481 e. The fourth-order valence-electron chi connectivity index (χ4n) is 2.40. The molecule has 0 bridgehead atoms. The van der Waals surface area contributed by atoms with E-state index in [0.717, 1.165) is 4.52 Å². The van der Waals surface area contributed by atoms with Gasteiger partial charge in [-0.2, -0.15) is 37.4 Å². The molecule has 12 nitrogen and oxygen atoms in total. The fourth-order valence-corrected chi connectivity index (χ4v) is 3.42. The van der Waals surface area contributed by atoms with E-state index in [9.17, 15) is 17.6 Å². The maximum absolute atomic E-state index is 14.3. The Kier molecular flexibility index (Phi) is 5.69. The van der Waals surface area contributed by atoms with Gasteiger partial charge in [-0.15, -0.1) is 0 Å². The molecule has 0 aromatic carbocycles. The lowest BCUT2D eigenvalue weighted by Gasteiger charge is -2.10. The van der Waals surface area contributed by atoms with Crippen molar-refractivity contribution in [3.05, 3.63) is 29.8 Å². The first-order valence-electron chi connectivity index (χ1n) is 8.50. The SMILES string of the molecule is COc1cc(OC)nc(NC(=O)NS(=O)(=O)c2c(F)nc3ccc(C(C)C)nn23)n1. The monoisotopic (exact) mass is 439 g/mol. The Morgan fingerprint density at radius 3 is 2.33 bits per heavy atom. The van der Waals surface area contributed by atoms with Crippen LogP contribution in [0.4, 0.5) is 15.1 Å². The minimum absolute atomic E-state index is 0.0291. The number of urea groups is 1. The molecule has 0 saturated heterocycles. The lowest BCUT2D eigenvalue weighted by molar-refractivity contribution is 0.256. The molecule has 0 aliphatic heterocycles. The first-order chi connectivity index (χ1) is 14.1. The van der Waals surface area contributed by atoms with E-state index in [-0.39, 0.29) is 29.3 Å². The number of ether oxygens (including phenoxy) is 2. The molecule has 160 valence electrons. The van der Waals surface area contributed by atoms with E-state index in [2.05, 4.69) is 25.4 Å². The summed E-state index contributed by atoms with van der Waals surface area (Å²) in [6.07, 6.45) is 0. The van der Waals surface area contributed by atoms with Gasteiger partial charge in [-0.3, -0.25) is 5.32 Å². The predicted molar refractivity (Wildman–Crippen MR) is 102 cm³/mol. The van der Waals surface area contributed by atoms with Crippen LogP contribution in [-0.4, -0.2) is 53.2 Å². The number of methoxy groups -OCH3 is 2. The molecule has 0 saturated carbocycles. The molecule has 3 aromatic rings. The number of aromatic nitrogens is 5. The van der Waals surface area contributed by atoms with Crippen LogP contribution in [0.15, 0.2) is 23.2 Å². The minimum atomic E-state index is -4.68. The number of nitrogens with zero attached hydrogens (tertiary/aromatic N) is 5. The quantitative estimate of drug-likeness (QED) is 0.579. The summed E-state index contributed by atoms with van der Waals surface area (Å²) in [5, 5.41) is 5.32. The van der Waals surface area contributed by atoms with Crippen LogP contribution in [0, 0.1) is 5.95 Å². The molecule has 0 aliphatic rings. The van der Waals surface area contributed by atoms with Crippen molar-refractivity contribution in [3.63, 3.8) is 0 Å². The molecule has 14 heteroatoms. The second-order valence-corrected chi connectivity index (χ2v) is 7.82. The van der Waals surface area contributed by atoms with Gasteiger partial charge in [0.1, 0.15) is 0 Å². The average Bonchev–Trinajstić information content (AvgIpc) is 3.02. The van der Waals surface area contributed by atoms with E-state index in [1.807, 2.05) is 13.8 Å². The van der Waals surface area contributed by atoms with Gasteiger partial charge in [0.25, 0.3) is 16.0 Å². The van der Waals surface area contributed by atoms with Gasteiger partial charge in [-0.05, 0) is 18.1 Å². The normalized spacial score (nSPS) is 11.5. The second kappa shape index (κ2) is 8.06. The Labute approximate surface area is 170 Å². The van der Waals surface area contributed by atoms with Gasteiger partial charge in [0.15, 0.2) is 5.65 Å². The molecule has 0 atom stereocenters. The summed E-state index contributed by atoms with van der Waals surface area (Å²) >= 11 is 0. The van der Waals surface area contributed by atoms with Crippen LogP contribution in [0.5, 0.6) is 11.8 Å². The molecule has 0 unspecified atom stereocenters. The highest BCUT2D eigenvalue weighted by atomic mass is 32.2. The fraction of sp³-hybridized carbons (Fsp3) is 0.312. The van der Waals surface area contributed by atoms with E-state index in [4.69, 9.17) is 9.47 Å². The Bertz CT molecular complexity index is 1190. The molecule has 0 fully saturated rings. The van der Waals surface area contributed by atoms with Crippen molar-refractivity contribution in [1.29, 1.82) is 0 Å². The van der Waals surface area contributed by atoms with Gasteiger partial charge in [0.2, 0.25) is 22.7 Å². The Morgan fingerprint density at radius 1 is 1.13 bits per heavy atom. The number of amides is 2. The topological polar surface area (TPSA) is 150 Å². The highest BCUT2D eigenvalue weighted by molar-refractivity contribution is 7.90. The number of anilines is 1. The second-order valence-electron chi connectivity index (χ2n) is 6.23. The van der Waals surface area contributed by atoms with Crippen molar-refractivity contribution >= 4 is 27.6 Å². The molecule has 30 heavy (non-hydrogen) atoms. The smallest absolute Gasteiger partial charge is 0.335 e. The van der Waals surface area contributed by atoms with Gasteiger partial charge in [-0.25, -0.2) is 9.52 Å². The van der Waals surface area contributed by atoms with Crippen molar-refractivity contribution < 1.29 is 27.1 Å². The Morgan fingerprint density at radius 2 is 1.77 bits per heavy atom. The molecule has 0 spiro atoms. The molecule has 2 amide bonds. The van der Waals surface area contributed by atoms with Crippen molar-refractivity contribution in [1.82, 2.24) is 29.3 Å². The number of carbonyl (C=O) groups excluding carboxylic acids is 1. The summed E-state index contributed by atoms with van der Waals surface area (Å²) in [5.41, 5.74) is 0.483. The summed E-state index contributed by atoms with van der Waals surface area (Å²) in [4.78, 5) is 23.4. The zero-order valence-corrected chi connectivity index (χ0v) is 17.2. The molecular formula is C16H18FN7O5S. The number of hydrogen-bond acceptors (Lipinski definition) is 9. The van der Waals surface area contributed by atoms with Crippen molar-refractivity contribution in [2.24, 2.45) is 0 Å². The number of carbonyl (C=O) groups is 1. The number of sulfonamides is 1. The van der Waals surface area contributed by atoms with Crippen LogP contribution in [0.25, 0.3) is 5.65 Å². The number of imidazole rings is 1. The van der Waals surface area contributed by atoms with Gasteiger partial charge in [0.05, 0.1) is 26.0 Å². The molecule has 3 heterocycles. The van der Waals surface area contributed by atoms with Crippen LogP contribution in [0.1, 0.15) is 25.5 Å². The minimum Gasteiger partial charge on any atom is -0.481 e. The number of fused-ring (bicyclic) bond motifs is 1. The summed E-state index contributed by atoms with van der Waals surface area (Å²) in [5.74, 6) is -1.51. The molecular weight excluding hydrogens is 421 g/mol. The summed E-state index contributed by atoms with van der Waals surface area (Å²) in [6.45, 7) is 3.67. The van der Waals surface area contributed by atoms with Gasteiger partial charge in [-0.1, -0.05) is 13.8 Å². The van der Waals surface area contributed by atoms with Crippen LogP contribution in [0.3, 0.4) is 0 Å². The van der Waals surface area contributed by atoms with Crippen LogP contribution in [0.2, 0.25) is 0 Å². The average molecular weight is 439 g/mol. The van der Waals surface area contributed by atoms with E-state index in [0.29, 0.717) is 5.69 Å². The molecule has 3 aromatic heterocycles. The zero-order valence-electron chi connectivity index (χ0n) is 16.4. The zero-order chi connectivity index (χ0) is 22.1. The molecule has 2 N–H and O–H groups in total.